The molecule has 1 atom stereocenters. The summed E-state index contributed by atoms with van der Waals surface area (Å²) in [6, 6.07) is 5.27. The Morgan fingerprint density at radius 1 is 1.23 bits per heavy atom. The van der Waals surface area contributed by atoms with Gasteiger partial charge in [0.25, 0.3) is 5.69 Å². The lowest BCUT2D eigenvalue weighted by Crippen LogP contribution is -2.45. The number of nitro groups is 1. The average Bonchev–Trinajstić information content (AvgIpc) is 3.50. The largest absolute Gasteiger partial charge is 0.498 e. The van der Waals surface area contributed by atoms with Crippen molar-refractivity contribution in [3.63, 3.8) is 0 Å². The molecule has 2 aromatic rings. The van der Waals surface area contributed by atoms with Crippen molar-refractivity contribution >= 4 is 38.8 Å². The summed E-state index contributed by atoms with van der Waals surface area (Å²) in [6.45, 7) is 2.84. The zero-order chi connectivity index (χ0) is 25.2. The minimum absolute atomic E-state index is 0.158. The van der Waals surface area contributed by atoms with Crippen molar-refractivity contribution in [1.82, 2.24) is 14.3 Å². The summed E-state index contributed by atoms with van der Waals surface area (Å²) in [4.78, 5) is 21.3. The number of aliphatic hydroxyl groups is 1. The average molecular weight is 520 g/mol. The molecule has 1 aliphatic carbocycles. The van der Waals surface area contributed by atoms with Gasteiger partial charge in [-0.1, -0.05) is 25.0 Å². The summed E-state index contributed by atoms with van der Waals surface area (Å²) in [5.74, 6) is 1.21. The van der Waals surface area contributed by atoms with Gasteiger partial charge >= 0.3 is 0 Å². The van der Waals surface area contributed by atoms with Crippen LogP contribution in [0.3, 0.4) is 0 Å². The Balaban J connectivity index is 1.70. The van der Waals surface area contributed by atoms with E-state index in [-0.39, 0.29) is 28.5 Å². The van der Waals surface area contributed by atoms with Crippen LogP contribution in [0, 0.1) is 23.0 Å². The number of sulfonamides is 1. The van der Waals surface area contributed by atoms with Gasteiger partial charge in [0.05, 0.1) is 10.5 Å². The highest BCUT2D eigenvalue weighted by molar-refractivity contribution is 7.89. The van der Waals surface area contributed by atoms with Crippen LogP contribution < -0.4 is 4.90 Å². The van der Waals surface area contributed by atoms with Crippen molar-refractivity contribution in [2.45, 2.75) is 56.4 Å². The maximum absolute atomic E-state index is 13.8. The Morgan fingerprint density at radius 2 is 1.94 bits per heavy atom. The third-order valence-electron chi connectivity index (χ3n) is 6.80. The van der Waals surface area contributed by atoms with Gasteiger partial charge in [-0.3, -0.25) is 10.1 Å². The lowest BCUT2D eigenvalue weighted by Gasteiger charge is -2.33. The zero-order valence-corrected chi connectivity index (χ0v) is 21.2. The number of hydrogen-bond donors (Lipinski definition) is 1. The molecule has 1 saturated heterocycles. The van der Waals surface area contributed by atoms with E-state index in [1.54, 1.807) is 6.92 Å². The molecule has 2 aliphatic rings. The van der Waals surface area contributed by atoms with Crippen molar-refractivity contribution in [2.24, 2.45) is 5.92 Å². The Morgan fingerprint density at radius 3 is 2.63 bits per heavy atom. The normalized spacial score (nSPS) is 18.9. The first-order chi connectivity index (χ1) is 16.7. The number of para-hydroxylation sites is 1. The predicted octanol–water partition coefficient (Wildman–Crippen LogP) is 3.78. The molecule has 35 heavy (non-hydrogen) atoms. The molecule has 2 fully saturated rings. The summed E-state index contributed by atoms with van der Waals surface area (Å²) >= 11 is 4.99. The Labute approximate surface area is 210 Å². The van der Waals surface area contributed by atoms with E-state index in [0.29, 0.717) is 36.7 Å². The standard InChI is InChI=1S/C23H29N5O5S2/c1-16-24-13-19(23(29)34)22(25-16)27-12-6-9-18(27)15-26(14-17-7-2-3-8-17)35(32,33)21-11-5-4-10-20(21)28(30)31/h4-5,10-11,13,17-18H,2-3,6-9,12,14-15H2,1H3,(H,29,34)/t18-/m0/s1. The van der Waals surface area contributed by atoms with E-state index in [2.05, 4.69) is 9.97 Å². The van der Waals surface area contributed by atoms with Crippen molar-refractivity contribution in [1.29, 1.82) is 0 Å². The summed E-state index contributed by atoms with van der Waals surface area (Å²) in [6.07, 6.45) is 6.99. The number of rotatable bonds is 9. The van der Waals surface area contributed by atoms with Gasteiger partial charge in [-0.05, 0) is 56.8 Å². The van der Waals surface area contributed by atoms with Crippen molar-refractivity contribution in [3.8, 4) is 0 Å². The molecule has 0 bridgehead atoms. The van der Waals surface area contributed by atoms with E-state index in [1.807, 2.05) is 4.90 Å². The van der Waals surface area contributed by atoms with Gasteiger partial charge in [-0.2, -0.15) is 4.31 Å². The minimum atomic E-state index is -4.13. The van der Waals surface area contributed by atoms with E-state index in [0.717, 1.165) is 32.1 Å². The van der Waals surface area contributed by atoms with Gasteiger partial charge in [0.15, 0.2) is 9.95 Å². The van der Waals surface area contributed by atoms with Crippen LogP contribution in [0.4, 0.5) is 11.5 Å². The highest BCUT2D eigenvalue weighted by atomic mass is 32.2. The first-order valence-corrected chi connectivity index (χ1v) is 13.6. The zero-order valence-electron chi connectivity index (χ0n) is 19.5. The second-order valence-electron chi connectivity index (χ2n) is 9.15. The third-order valence-corrected chi connectivity index (χ3v) is 8.90. The number of aliphatic hydroxyl groups excluding tert-OH is 1. The first-order valence-electron chi connectivity index (χ1n) is 11.8. The molecule has 1 aromatic heterocycles. The summed E-state index contributed by atoms with van der Waals surface area (Å²) in [5, 5.41) is 21.3. The fourth-order valence-electron chi connectivity index (χ4n) is 5.08. The van der Waals surface area contributed by atoms with E-state index in [4.69, 9.17) is 12.2 Å². The van der Waals surface area contributed by atoms with Gasteiger partial charge in [-0.15, -0.1) is 0 Å². The Hall–Kier alpha value is -2.70. The molecule has 1 saturated carbocycles. The summed E-state index contributed by atoms with van der Waals surface area (Å²) in [7, 11) is -4.13. The van der Waals surface area contributed by atoms with Gasteiger partial charge in [0, 0.05) is 37.9 Å². The van der Waals surface area contributed by atoms with Crippen LogP contribution in [-0.4, -0.2) is 63.4 Å². The summed E-state index contributed by atoms with van der Waals surface area (Å²) in [5.41, 5.74) is -0.0899. The Kier molecular flexibility index (Phi) is 7.62. The molecule has 2 heterocycles. The molecule has 1 aromatic carbocycles. The van der Waals surface area contributed by atoms with Crippen LogP contribution in [0.15, 0.2) is 35.4 Å². The number of hydrogen-bond acceptors (Lipinski definition) is 8. The fourth-order valence-corrected chi connectivity index (χ4v) is 6.94. The third kappa shape index (κ3) is 5.44. The molecule has 1 aliphatic heterocycles. The molecular weight excluding hydrogens is 490 g/mol. The number of aryl methyl sites for hydroxylation is 1. The Bertz CT molecular complexity index is 1220. The molecule has 0 unspecified atom stereocenters. The molecular formula is C23H29N5O5S2. The number of anilines is 1. The second kappa shape index (κ2) is 10.5. The SMILES string of the molecule is Cc1ncc(C(O)=S)c(N2CCC[C@H]2CN(CC2CCCC2)S(=O)(=O)c2ccccc2[N+](=O)[O-])n1. The maximum Gasteiger partial charge on any atom is 0.289 e. The highest BCUT2D eigenvalue weighted by Gasteiger charge is 2.38. The molecule has 12 heteroatoms. The van der Waals surface area contributed by atoms with Crippen molar-refractivity contribution in [2.75, 3.05) is 24.5 Å². The van der Waals surface area contributed by atoms with Crippen molar-refractivity contribution < 1.29 is 18.4 Å². The van der Waals surface area contributed by atoms with E-state index < -0.39 is 20.6 Å². The monoisotopic (exact) mass is 519 g/mol. The van der Waals surface area contributed by atoms with Crippen LogP contribution in [0.25, 0.3) is 0 Å². The molecule has 1 N–H and O–H groups in total. The van der Waals surface area contributed by atoms with Crippen LogP contribution in [0.5, 0.6) is 0 Å². The molecule has 0 radical (unpaired) electrons. The number of nitrogens with zero attached hydrogens (tertiary/aromatic N) is 5. The fraction of sp³-hybridized carbons (Fsp3) is 0.522. The molecule has 0 amide bonds. The van der Waals surface area contributed by atoms with E-state index in [9.17, 15) is 23.6 Å². The topological polar surface area (TPSA) is 130 Å². The first kappa shape index (κ1) is 25.4. The second-order valence-corrected chi connectivity index (χ2v) is 11.4. The van der Waals surface area contributed by atoms with Gasteiger partial charge in [0.1, 0.15) is 11.6 Å². The molecule has 4 rings (SSSR count). The lowest BCUT2D eigenvalue weighted by atomic mass is 10.1. The quantitative estimate of drug-likeness (QED) is 0.299. The van der Waals surface area contributed by atoms with Crippen molar-refractivity contribution in [3.05, 3.63) is 52.0 Å². The van der Waals surface area contributed by atoms with E-state index >= 15 is 0 Å². The molecule has 0 spiro atoms. The maximum atomic E-state index is 13.8. The number of nitro benzene ring substituents is 1. The van der Waals surface area contributed by atoms with Crippen LogP contribution in [-0.2, 0) is 10.0 Å². The predicted molar refractivity (Wildman–Crippen MR) is 135 cm³/mol. The smallest absolute Gasteiger partial charge is 0.289 e. The van der Waals surface area contributed by atoms with Gasteiger partial charge in [0.2, 0.25) is 10.0 Å². The van der Waals surface area contributed by atoms with Crippen LogP contribution in [0.2, 0.25) is 0 Å². The van der Waals surface area contributed by atoms with Crippen LogP contribution >= 0.6 is 12.2 Å². The number of benzene rings is 1. The minimum Gasteiger partial charge on any atom is -0.498 e. The van der Waals surface area contributed by atoms with Crippen LogP contribution in [0.1, 0.15) is 49.9 Å². The van der Waals surface area contributed by atoms with E-state index in [1.165, 1.54) is 34.8 Å². The highest BCUT2D eigenvalue weighted by Crippen LogP contribution is 2.33. The lowest BCUT2D eigenvalue weighted by molar-refractivity contribution is -0.387. The van der Waals surface area contributed by atoms with Gasteiger partial charge in [-0.25, -0.2) is 18.4 Å². The molecule has 10 nitrogen and oxygen atoms in total. The number of thiocarbonyl (C=S) groups is 1. The molecule has 188 valence electrons. The number of aromatic nitrogens is 2. The summed E-state index contributed by atoms with van der Waals surface area (Å²) < 4.78 is 29.1. The van der Waals surface area contributed by atoms with Gasteiger partial charge < -0.3 is 10.0 Å².